The number of ether oxygens (including phenoxy) is 1. The van der Waals surface area contributed by atoms with Gasteiger partial charge in [-0.05, 0) is 55.4 Å². The first-order valence-electron chi connectivity index (χ1n) is 9.47. The van der Waals surface area contributed by atoms with E-state index < -0.39 is 11.9 Å². The van der Waals surface area contributed by atoms with Crippen LogP contribution in [0.3, 0.4) is 0 Å². The molecule has 0 unspecified atom stereocenters. The van der Waals surface area contributed by atoms with Gasteiger partial charge in [-0.3, -0.25) is 4.79 Å². The van der Waals surface area contributed by atoms with Gasteiger partial charge in [0.15, 0.2) is 0 Å². The molecule has 0 radical (unpaired) electrons. The average Bonchev–Trinajstić information content (AvgIpc) is 3.29. The Hall–Kier alpha value is -2.24. The molecule has 6 heteroatoms. The lowest BCUT2D eigenvalue weighted by atomic mass is 9.78. The van der Waals surface area contributed by atoms with E-state index in [1.54, 1.807) is 7.11 Å². The number of fused-ring (bicyclic) bond motifs is 2. The molecule has 1 heterocycles. The smallest absolute Gasteiger partial charge is 0.226 e. The van der Waals surface area contributed by atoms with E-state index in [4.69, 9.17) is 4.74 Å². The van der Waals surface area contributed by atoms with Crippen LogP contribution in [0.25, 0.3) is 0 Å². The van der Waals surface area contributed by atoms with Gasteiger partial charge in [0, 0.05) is 49.7 Å². The Bertz CT molecular complexity index is 682. The topological polar surface area (TPSA) is 72.9 Å². The molecule has 2 saturated carbocycles. The quantitative estimate of drug-likeness (QED) is 0.795. The zero-order chi connectivity index (χ0) is 18.3. The number of rotatable bonds is 4. The van der Waals surface area contributed by atoms with Crippen LogP contribution in [0.15, 0.2) is 24.3 Å². The highest BCUT2D eigenvalue weighted by molar-refractivity contribution is 5.86. The van der Waals surface area contributed by atoms with Crippen LogP contribution < -0.4 is 14.7 Å². The molecule has 1 aromatic rings. The number of aliphatic carboxylic acids is 1. The maximum atomic E-state index is 13.0. The molecule has 0 N–H and O–H groups in total. The fraction of sp³-hybridized carbons (Fsp3) is 0.600. The van der Waals surface area contributed by atoms with Crippen LogP contribution in [0.1, 0.15) is 19.3 Å². The number of carboxylic acid groups (broad SMARTS) is 1. The Morgan fingerprint density at radius 3 is 2.19 bits per heavy atom. The number of carbonyl (C=O) groups is 2. The van der Waals surface area contributed by atoms with Crippen molar-refractivity contribution >= 4 is 17.6 Å². The monoisotopic (exact) mass is 357 g/mol. The molecule has 26 heavy (non-hydrogen) atoms. The first-order valence-corrected chi connectivity index (χ1v) is 9.47. The summed E-state index contributed by atoms with van der Waals surface area (Å²) >= 11 is 0. The number of amides is 1. The molecule has 0 aromatic heterocycles. The largest absolute Gasteiger partial charge is 0.550 e. The predicted octanol–water partition coefficient (Wildman–Crippen LogP) is 0.756. The third-order valence-electron chi connectivity index (χ3n) is 6.50. The van der Waals surface area contributed by atoms with Crippen molar-refractivity contribution < 1.29 is 19.4 Å². The number of nitrogens with zero attached hydrogens (tertiary/aromatic N) is 2. The van der Waals surface area contributed by atoms with Crippen molar-refractivity contribution in [3.8, 4) is 5.75 Å². The molecule has 1 aromatic carbocycles. The molecule has 0 spiro atoms. The Morgan fingerprint density at radius 1 is 1.00 bits per heavy atom. The molecular formula is C20H25N2O4-. The Labute approximate surface area is 153 Å². The lowest BCUT2D eigenvalue weighted by molar-refractivity contribution is -0.314. The predicted molar refractivity (Wildman–Crippen MR) is 94.6 cm³/mol. The molecule has 3 fully saturated rings. The molecule has 1 aliphatic heterocycles. The minimum absolute atomic E-state index is 0.0285. The SMILES string of the molecule is COc1ccc(N2CCN(C(=O)[C@H]3[C@@H]4CC[C@@H](C4)[C@@H]3C(=O)[O-])CC2)cc1. The maximum Gasteiger partial charge on any atom is 0.226 e. The third kappa shape index (κ3) is 2.91. The van der Waals surface area contributed by atoms with Gasteiger partial charge in [-0.2, -0.15) is 0 Å². The van der Waals surface area contributed by atoms with Gasteiger partial charge in [-0.1, -0.05) is 0 Å². The van der Waals surface area contributed by atoms with Gasteiger partial charge in [0.05, 0.1) is 7.11 Å². The molecule has 2 bridgehead atoms. The summed E-state index contributed by atoms with van der Waals surface area (Å²) in [7, 11) is 1.65. The average molecular weight is 357 g/mol. The fourth-order valence-electron chi connectivity index (χ4n) is 5.17. The van der Waals surface area contributed by atoms with E-state index >= 15 is 0 Å². The van der Waals surface area contributed by atoms with Gasteiger partial charge < -0.3 is 24.4 Å². The molecule has 4 atom stereocenters. The Morgan fingerprint density at radius 2 is 1.62 bits per heavy atom. The van der Waals surface area contributed by atoms with Gasteiger partial charge in [-0.25, -0.2) is 0 Å². The van der Waals surface area contributed by atoms with E-state index in [2.05, 4.69) is 4.90 Å². The summed E-state index contributed by atoms with van der Waals surface area (Å²) in [6.45, 7) is 2.79. The van der Waals surface area contributed by atoms with Crippen molar-refractivity contribution in [1.82, 2.24) is 4.90 Å². The lowest BCUT2D eigenvalue weighted by Gasteiger charge is -2.40. The summed E-state index contributed by atoms with van der Waals surface area (Å²) in [6.07, 6.45) is 2.79. The van der Waals surface area contributed by atoms with Crippen LogP contribution in [0.5, 0.6) is 5.75 Å². The van der Waals surface area contributed by atoms with Crippen LogP contribution in [0.2, 0.25) is 0 Å². The van der Waals surface area contributed by atoms with Gasteiger partial charge in [-0.15, -0.1) is 0 Å². The molecule has 140 valence electrons. The number of methoxy groups -OCH3 is 1. The number of hydrogen-bond acceptors (Lipinski definition) is 5. The van der Waals surface area contributed by atoms with Crippen molar-refractivity contribution in [1.29, 1.82) is 0 Å². The molecular weight excluding hydrogens is 332 g/mol. The van der Waals surface area contributed by atoms with E-state index in [1.807, 2.05) is 29.2 Å². The summed E-state index contributed by atoms with van der Waals surface area (Å²) in [4.78, 5) is 28.7. The number of hydrogen-bond donors (Lipinski definition) is 0. The second-order valence-electron chi connectivity index (χ2n) is 7.71. The highest BCUT2D eigenvalue weighted by atomic mass is 16.5. The van der Waals surface area contributed by atoms with Crippen LogP contribution in [-0.4, -0.2) is 50.1 Å². The minimum atomic E-state index is -1.03. The molecule has 3 aliphatic rings. The molecule has 1 saturated heterocycles. The highest BCUT2D eigenvalue weighted by Crippen LogP contribution is 2.52. The zero-order valence-electron chi connectivity index (χ0n) is 15.1. The second-order valence-corrected chi connectivity index (χ2v) is 7.71. The molecule has 4 rings (SSSR count). The van der Waals surface area contributed by atoms with Gasteiger partial charge >= 0.3 is 0 Å². The Kier molecular flexibility index (Phi) is 4.51. The van der Waals surface area contributed by atoms with E-state index in [-0.39, 0.29) is 23.7 Å². The van der Waals surface area contributed by atoms with Crippen LogP contribution in [-0.2, 0) is 9.59 Å². The van der Waals surface area contributed by atoms with E-state index in [1.165, 1.54) is 0 Å². The zero-order valence-corrected chi connectivity index (χ0v) is 15.1. The normalized spacial score (nSPS) is 30.5. The van der Waals surface area contributed by atoms with Gasteiger partial charge in [0.25, 0.3) is 0 Å². The van der Waals surface area contributed by atoms with Crippen LogP contribution in [0.4, 0.5) is 5.69 Å². The molecule has 6 nitrogen and oxygen atoms in total. The highest BCUT2D eigenvalue weighted by Gasteiger charge is 2.52. The number of carboxylic acids is 1. The number of carbonyl (C=O) groups excluding carboxylic acids is 2. The molecule has 1 amide bonds. The summed E-state index contributed by atoms with van der Waals surface area (Å²) in [5.74, 6) is -0.762. The number of anilines is 1. The number of benzene rings is 1. The summed E-state index contributed by atoms with van der Waals surface area (Å²) in [5.41, 5.74) is 1.12. The van der Waals surface area contributed by atoms with Crippen molar-refractivity contribution in [3.63, 3.8) is 0 Å². The second kappa shape index (κ2) is 6.82. The number of piperazine rings is 1. The van der Waals surface area contributed by atoms with E-state index in [0.29, 0.717) is 13.1 Å². The van der Waals surface area contributed by atoms with Gasteiger partial charge in [0.1, 0.15) is 5.75 Å². The van der Waals surface area contributed by atoms with Crippen molar-refractivity contribution in [2.45, 2.75) is 19.3 Å². The third-order valence-corrected chi connectivity index (χ3v) is 6.50. The summed E-state index contributed by atoms with van der Waals surface area (Å²) in [5, 5.41) is 11.6. The van der Waals surface area contributed by atoms with E-state index in [9.17, 15) is 14.7 Å². The summed E-state index contributed by atoms with van der Waals surface area (Å²) in [6, 6.07) is 7.93. The van der Waals surface area contributed by atoms with Crippen molar-refractivity contribution in [3.05, 3.63) is 24.3 Å². The Balaban J connectivity index is 1.39. The standard InChI is InChI=1S/C20H26N2O4/c1-26-16-6-4-15(5-7-16)21-8-10-22(11-9-21)19(23)17-13-2-3-14(12-13)18(17)20(24)25/h4-7,13-14,17-18H,2-3,8-12H2,1H3,(H,24,25)/p-1/t13-,14+,17+,18+/m1/s1. The first-order chi connectivity index (χ1) is 12.6. The van der Waals surface area contributed by atoms with Crippen molar-refractivity contribution in [2.75, 3.05) is 38.2 Å². The van der Waals surface area contributed by atoms with Crippen LogP contribution in [0, 0.1) is 23.7 Å². The van der Waals surface area contributed by atoms with E-state index in [0.717, 1.165) is 43.8 Å². The fourth-order valence-corrected chi connectivity index (χ4v) is 5.17. The lowest BCUT2D eigenvalue weighted by Crippen LogP contribution is -2.53. The van der Waals surface area contributed by atoms with Gasteiger partial charge in [0.2, 0.25) is 5.91 Å². The first kappa shape index (κ1) is 17.2. The minimum Gasteiger partial charge on any atom is -0.550 e. The maximum absolute atomic E-state index is 13.0. The van der Waals surface area contributed by atoms with Crippen LogP contribution >= 0.6 is 0 Å². The molecule has 2 aliphatic carbocycles. The summed E-state index contributed by atoms with van der Waals surface area (Å²) < 4.78 is 5.19. The van der Waals surface area contributed by atoms with Crippen molar-refractivity contribution in [2.24, 2.45) is 23.7 Å².